The van der Waals surface area contributed by atoms with Crippen LogP contribution in [-0.2, 0) is 20.7 Å². The number of nitrogens with one attached hydrogen (secondary N) is 2. The second-order valence-electron chi connectivity index (χ2n) is 12.0. The van der Waals surface area contributed by atoms with Crippen molar-refractivity contribution >= 4 is 11.8 Å². The van der Waals surface area contributed by atoms with Crippen LogP contribution >= 0.6 is 0 Å². The Morgan fingerprint density at radius 1 is 1.13 bits per heavy atom. The van der Waals surface area contributed by atoms with Crippen LogP contribution in [0.2, 0.25) is 0 Å². The van der Waals surface area contributed by atoms with Crippen molar-refractivity contribution in [2.45, 2.75) is 82.7 Å². The number of fused-ring (bicyclic) bond motifs is 1. The number of halogens is 2. The van der Waals surface area contributed by atoms with E-state index in [4.69, 9.17) is 9.47 Å². The average Bonchev–Trinajstić information content (AvgIpc) is 3.38. The molecule has 46 heavy (non-hydrogen) atoms. The minimum Gasteiger partial charge on any atom is -0.497 e. The fraction of sp³-hybridized carbons (Fsp3) is 0.500. The maximum absolute atomic E-state index is 14.1. The summed E-state index contributed by atoms with van der Waals surface area (Å²) in [7, 11) is 3.18. The lowest BCUT2D eigenvalue weighted by Crippen LogP contribution is -2.55. The maximum Gasteiger partial charge on any atom is 0.243 e. The van der Waals surface area contributed by atoms with Crippen LogP contribution in [-0.4, -0.2) is 67.3 Å². The number of unbranched alkanes of at least 4 members (excludes halogenated alkanes) is 1. The predicted molar refractivity (Wildman–Crippen MR) is 175 cm³/mol. The van der Waals surface area contributed by atoms with Crippen molar-refractivity contribution in [3.05, 3.63) is 90.0 Å². The van der Waals surface area contributed by atoms with Crippen LogP contribution in [0.25, 0.3) is 0 Å². The number of benzene rings is 2. The molecule has 0 bridgehead atoms. The van der Waals surface area contributed by atoms with Crippen LogP contribution in [0, 0.1) is 17.6 Å². The molecule has 0 saturated heterocycles. The van der Waals surface area contributed by atoms with E-state index in [1.807, 2.05) is 25.1 Å². The Morgan fingerprint density at radius 2 is 1.85 bits per heavy atom. The van der Waals surface area contributed by atoms with Gasteiger partial charge in [0.2, 0.25) is 11.8 Å². The second kappa shape index (κ2) is 17.9. The highest BCUT2D eigenvalue weighted by Crippen LogP contribution is 2.42. The first-order valence-corrected chi connectivity index (χ1v) is 16.0. The number of aliphatic hydroxyl groups excluding tert-OH is 1. The Hall–Kier alpha value is -3.60. The van der Waals surface area contributed by atoms with Gasteiger partial charge in [-0.2, -0.15) is 0 Å². The number of hydrogen-bond donors (Lipinski definition) is 3. The minimum atomic E-state index is -1.16. The number of amides is 2. The maximum atomic E-state index is 14.1. The molecule has 0 aromatic heterocycles. The molecule has 6 atom stereocenters. The van der Waals surface area contributed by atoms with E-state index in [0.29, 0.717) is 25.2 Å². The van der Waals surface area contributed by atoms with Gasteiger partial charge in [0, 0.05) is 31.6 Å². The van der Waals surface area contributed by atoms with Gasteiger partial charge in [-0.15, -0.1) is 13.2 Å². The fourth-order valence-corrected chi connectivity index (χ4v) is 5.96. The number of methoxy groups -OCH3 is 1. The Labute approximate surface area is 271 Å². The molecule has 1 aliphatic carbocycles. The molecule has 0 fully saturated rings. The second-order valence-corrected chi connectivity index (χ2v) is 12.0. The summed E-state index contributed by atoms with van der Waals surface area (Å²) in [5.74, 6) is -1.75. The highest BCUT2D eigenvalue weighted by molar-refractivity contribution is 5.88. The lowest BCUT2D eigenvalue weighted by atomic mass is 9.98. The summed E-state index contributed by atoms with van der Waals surface area (Å²) >= 11 is 0. The Kier molecular flexibility index (Phi) is 14.4. The summed E-state index contributed by atoms with van der Waals surface area (Å²) in [4.78, 5) is 28.3. The summed E-state index contributed by atoms with van der Waals surface area (Å²) in [5, 5.41) is 17.8. The van der Waals surface area contributed by atoms with E-state index >= 15 is 0 Å². The van der Waals surface area contributed by atoms with E-state index in [2.05, 4.69) is 30.7 Å². The van der Waals surface area contributed by atoms with Gasteiger partial charge in [0.05, 0.1) is 32.0 Å². The lowest BCUT2D eigenvalue weighted by Gasteiger charge is -2.32. The quantitative estimate of drug-likeness (QED) is 0.174. The predicted octanol–water partition coefficient (Wildman–Crippen LogP) is 5.57. The lowest BCUT2D eigenvalue weighted by molar-refractivity contribution is -0.142. The molecule has 0 radical (unpaired) electrons. The first-order chi connectivity index (χ1) is 22.0. The first-order valence-electron chi connectivity index (χ1n) is 16.0. The van der Waals surface area contributed by atoms with Gasteiger partial charge in [-0.3, -0.25) is 9.59 Å². The molecule has 2 amide bonds. The molecule has 8 nitrogen and oxygen atoms in total. The van der Waals surface area contributed by atoms with Gasteiger partial charge in [-0.25, -0.2) is 8.78 Å². The van der Waals surface area contributed by atoms with Crippen molar-refractivity contribution in [3.63, 3.8) is 0 Å². The van der Waals surface area contributed by atoms with E-state index in [0.717, 1.165) is 30.0 Å². The van der Waals surface area contributed by atoms with Gasteiger partial charge in [0.25, 0.3) is 0 Å². The highest BCUT2D eigenvalue weighted by Gasteiger charge is 2.34. The molecule has 3 rings (SSSR count). The Balaban J connectivity index is 1.82. The molecule has 2 aromatic rings. The molecule has 0 aliphatic heterocycles. The van der Waals surface area contributed by atoms with Gasteiger partial charge in [0.1, 0.15) is 23.4 Å². The largest absolute Gasteiger partial charge is 0.497 e. The number of likely N-dealkylation sites (N-methyl/N-ethyl adjacent to an activating group) is 1. The summed E-state index contributed by atoms with van der Waals surface area (Å²) in [6, 6.07) is 6.88. The summed E-state index contributed by atoms with van der Waals surface area (Å²) < 4.78 is 39.7. The smallest absolute Gasteiger partial charge is 0.243 e. The molecule has 2 aromatic carbocycles. The standard InChI is InChI=1S/C36H49F2N3O5/c1-7-10-12-23(4)36(44)41(5)32(11-8-2)35(43)40-31(18-24-16-25(37)19-26(38)17-24)33(42)22-39-30-21-34(46-15-9-3)28-14-13-27(45-6)20-29(28)30/h8-9,13-14,16-17,19-20,23,30-34,39,42H,2-3,7,10-12,15,18,21-22H2,1,4-6H3,(H,40,43)/t23?,30-,31-,32?,33+,34-/m0/s1. The monoisotopic (exact) mass is 641 g/mol. The average molecular weight is 642 g/mol. The van der Waals surface area contributed by atoms with Gasteiger partial charge in [0.15, 0.2) is 0 Å². The van der Waals surface area contributed by atoms with Gasteiger partial charge in [-0.05, 0) is 66.6 Å². The van der Waals surface area contributed by atoms with E-state index < -0.39 is 35.7 Å². The molecule has 2 unspecified atom stereocenters. The molecule has 252 valence electrons. The third kappa shape index (κ3) is 9.95. The molecule has 0 spiro atoms. The van der Waals surface area contributed by atoms with Crippen LogP contribution < -0.4 is 15.4 Å². The number of aliphatic hydroxyl groups is 1. The number of carbonyl (C=O) groups excluding carboxylic acids is 2. The van der Waals surface area contributed by atoms with E-state index in [9.17, 15) is 23.5 Å². The summed E-state index contributed by atoms with van der Waals surface area (Å²) in [6.45, 7) is 11.8. The number of nitrogens with zero attached hydrogens (tertiary/aromatic N) is 1. The first kappa shape index (κ1) is 36.9. The van der Waals surface area contributed by atoms with Crippen molar-refractivity contribution in [2.24, 2.45) is 5.92 Å². The van der Waals surface area contributed by atoms with Gasteiger partial charge in [-0.1, -0.05) is 44.9 Å². The van der Waals surface area contributed by atoms with Crippen LogP contribution in [0.3, 0.4) is 0 Å². The number of hydrogen-bond acceptors (Lipinski definition) is 6. The highest BCUT2D eigenvalue weighted by atomic mass is 19.1. The minimum absolute atomic E-state index is 0.0468. The number of carbonyl (C=O) groups is 2. The van der Waals surface area contributed by atoms with E-state index in [1.165, 1.54) is 17.0 Å². The van der Waals surface area contributed by atoms with Crippen molar-refractivity contribution in [2.75, 3.05) is 27.3 Å². The third-order valence-electron chi connectivity index (χ3n) is 8.54. The SMILES string of the molecule is C=CCO[C@H]1C[C@H](NC[C@@H](O)[C@H](Cc2cc(F)cc(F)c2)NC(=O)C(CC=C)N(C)C(=O)C(C)CCCC)c2cc(OC)ccc21. The third-order valence-corrected chi connectivity index (χ3v) is 8.54. The van der Waals surface area contributed by atoms with E-state index in [1.54, 1.807) is 26.3 Å². The molecule has 0 saturated carbocycles. The van der Waals surface area contributed by atoms with Gasteiger partial charge >= 0.3 is 0 Å². The summed E-state index contributed by atoms with van der Waals surface area (Å²) in [5.41, 5.74) is 2.24. The normalized spacial score (nSPS) is 18.2. The van der Waals surface area contributed by atoms with Crippen molar-refractivity contribution in [3.8, 4) is 5.75 Å². The molecular formula is C36H49F2N3O5. The van der Waals surface area contributed by atoms with Crippen LogP contribution in [0.4, 0.5) is 8.78 Å². The van der Waals surface area contributed by atoms with Crippen molar-refractivity contribution in [1.29, 1.82) is 0 Å². The zero-order valence-electron chi connectivity index (χ0n) is 27.4. The fourth-order valence-electron chi connectivity index (χ4n) is 5.96. The molecule has 1 aliphatic rings. The molecule has 10 heteroatoms. The summed E-state index contributed by atoms with van der Waals surface area (Å²) in [6.07, 6.45) is 5.20. The molecule has 3 N–H and O–H groups in total. The zero-order chi connectivity index (χ0) is 33.8. The van der Waals surface area contributed by atoms with Crippen LogP contribution in [0.5, 0.6) is 5.75 Å². The topological polar surface area (TPSA) is 100 Å². The number of ether oxygens (including phenoxy) is 2. The van der Waals surface area contributed by atoms with Crippen molar-refractivity contribution in [1.82, 2.24) is 15.5 Å². The Morgan fingerprint density at radius 3 is 2.48 bits per heavy atom. The van der Waals surface area contributed by atoms with Gasteiger partial charge < -0.3 is 30.1 Å². The van der Waals surface area contributed by atoms with E-state index in [-0.39, 0.29) is 48.9 Å². The number of rotatable bonds is 19. The van der Waals surface area contributed by atoms with Crippen molar-refractivity contribution < 1.29 is 33.0 Å². The molecule has 0 heterocycles. The Bertz CT molecular complexity index is 1320. The zero-order valence-corrected chi connectivity index (χ0v) is 27.4. The van der Waals surface area contributed by atoms with Crippen LogP contribution in [0.15, 0.2) is 61.7 Å². The van der Waals surface area contributed by atoms with Crippen LogP contribution in [0.1, 0.15) is 74.8 Å². The molecular weight excluding hydrogens is 592 g/mol.